The maximum atomic E-state index is 12.1. The molecule has 9 heteroatoms. The first-order valence-electron chi connectivity index (χ1n) is 8.75. The Labute approximate surface area is 159 Å². The predicted octanol–water partition coefficient (Wildman–Crippen LogP) is 1.29. The van der Waals surface area contributed by atoms with Crippen LogP contribution >= 0.6 is 0 Å². The topological polar surface area (TPSA) is 117 Å². The Kier molecular flexibility index (Phi) is 7.33. The first kappa shape index (κ1) is 20.9. The molecule has 8 nitrogen and oxygen atoms in total. The molecule has 1 saturated heterocycles. The standard InChI is InChI=1S/C18H23N3O5S/c1-14-4-2-11-21(12-14)17(22)13-26-18(23)15-5-7-16(8-6-15)27(24,25)20-10-3-9-19/h5-8,14,20H,2-4,10-13H2,1H3/t14-/m1/s1. The van der Waals surface area contributed by atoms with E-state index in [1.807, 2.05) is 6.07 Å². The van der Waals surface area contributed by atoms with Crippen LogP contribution in [0.1, 0.15) is 36.5 Å². The second-order valence-electron chi connectivity index (χ2n) is 6.49. The quantitative estimate of drug-likeness (QED) is 0.551. The van der Waals surface area contributed by atoms with Crippen molar-refractivity contribution >= 4 is 21.9 Å². The molecule has 0 unspecified atom stereocenters. The maximum absolute atomic E-state index is 12.1. The summed E-state index contributed by atoms with van der Waals surface area (Å²) in [5, 5.41) is 8.45. The number of nitrogens with zero attached hydrogens (tertiary/aromatic N) is 2. The zero-order valence-corrected chi connectivity index (χ0v) is 16.0. The molecule has 1 N–H and O–H groups in total. The largest absolute Gasteiger partial charge is 0.452 e. The summed E-state index contributed by atoms with van der Waals surface area (Å²) in [4.78, 5) is 25.9. The van der Waals surface area contributed by atoms with Crippen molar-refractivity contribution in [2.45, 2.75) is 31.1 Å². The van der Waals surface area contributed by atoms with Crippen LogP contribution < -0.4 is 4.72 Å². The van der Waals surface area contributed by atoms with E-state index in [-0.39, 0.29) is 35.9 Å². The van der Waals surface area contributed by atoms with Crippen molar-refractivity contribution in [3.8, 4) is 6.07 Å². The summed E-state index contributed by atoms with van der Waals surface area (Å²) < 4.78 is 31.4. The summed E-state index contributed by atoms with van der Waals surface area (Å²) >= 11 is 0. The average molecular weight is 393 g/mol. The van der Waals surface area contributed by atoms with Gasteiger partial charge in [0, 0.05) is 26.1 Å². The molecule has 1 atom stereocenters. The van der Waals surface area contributed by atoms with E-state index in [0.29, 0.717) is 19.0 Å². The first-order chi connectivity index (χ1) is 12.8. The minimum absolute atomic E-state index is 0.0137. The van der Waals surface area contributed by atoms with Gasteiger partial charge in [0.25, 0.3) is 5.91 Å². The number of amides is 1. The smallest absolute Gasteiger partial charge is 0.338 e. The highest BCUT2D eigenvalue weighted by Gasteiger charge is 2.22. The third-order valence-corrected chi connectivity index (χ3v) is 5.74. The molecule has 1 aliphatic rings. The number of likely N-dealkylation sites (tertiary alicyclic amines) is 1. The van der Waals surface area contributed by atoms with E-state index in [1.165, 1.54) is 24.3 Å². The molecule has 1 amide bonds. The van der Waals surface area contributed by atoms with Crippen LogP contribution in [0.15, 0.2) is 29.2 Å². The number of hydrogen-bond donors (Lipinski definition) is 1. The molecule has 0 aromatic heterocycles. The lowest BCUT2D eigenvalue weighted by Gasteiger charge is -2.30. The molecule has 1 fully saturated rings. The van der Waals surface area contributed by atoms with E-state index >= 15 is 0 Å². The third-order valence-electron chi connectivity index (χ3n) is 4.27. The van der Waals surface area contributed by atoms with Crippen molar-refractivity contribution in [3.05, 3.63) is 29.8 Å². The van der Waals surface area contributed by atoms with E-state index in [0.717, 1.165) is 12.8 Å². The van der Waals surface area contributed by atoms with Gasteiger partial charge in [0.1, 0.15) is 0 Å². The lowest BCUT2D eigenvalue weighted by molar-refractivity contribution is -0.136. The molecule has 0 saturated carbocycles. The van der Waals surface area contributed by atoms with Crippen LogP contribution in [0, 0.1) is 17.2 Å². The van der Waals surface area contributed by atoms with Crippen molar-refractivity contribution in [2.75, 3.05) is 26.2 Å². The van der Waals surface area contributed by atoms with Crippen LogP contribution in [0.4, 0.5) is 0 Å². The molecule has 2 rings (SSSR count). The highest BCUT2D eigenvalue weighted by molar-refractivity contribution is 7.89. The molecular formula is C18H23N3O5S. The highest BCUT2D eigenvalue weighted by atomic mass is 32.2. The van der Waals surface area contributed by atoms with Gasteiger partial charge in [-0.1, -0.05) is 6.92 Å². The van der Waals surface area contributed by atoms with E-state index in [9.17, 15) is 18.0 Å². The Hall–Kier alpha value is -2.44. The molecule has 0 radical (unpaired) electrons. The van der Waals surface area contributed by atoms with Crippen LogP contribution in [0.25, 0.3) is 0 Å². The Bertz CT molecular complexity index is 814. The highest BCUT2D eigenvalue weighted by Crippen LogP contribution is 2.16. The fourth-order valence-corrected chi connectivity index (χ4v) is 3.84. The lowest BCUT2D eigenvalue weighted by atomic mass is 10.0. The summed E-state index contributed by atoms with van der Waals surface area (Å²) in [5.74, 6) is -0.472. The van der Waals surface area contributed by atoms with Gasteiger partial charge in [-0.3, -0.25) is 4.79 Å². The Morgan fingerprint density at radius 1 is 1.33 bits per heavy atom. The van der Waals surface area contributed by atoms with Crippen molar-refractivity contribution in [1.29, 1.82) is 5.26 Å². The molecule has 1 aromatic rings. The van der Waals surface area contributed by atoms with Crippen molar-refractivity contribution in [1.82, 2.24) is 9.62 Å². The number of sulfonamides is 1. The number of carbonyl (C=O) groups excluding carboxylic acids is 2. The number of nitrogens with one attached hydrogen (secondary N) is 1. The number of piperidine rings is 1. The van der Waals surface area contributed by atoms with E-state index in [2.05, 4.69) is 11.6 Å². The van der Waals surface area contributed by atoms with Gasteiger partial charge in [-0.25, -0.2) is 17.9 Å². The molecule has 1 heterocycles. The maximum Gasteiger partial charge on any atom is 0.338 e. The molecule has 0 bridgehead atoms. The van der Waals surface area contributed by atoms with E-state index in [1.54, 1.807) is 4.90 Å². The van der Waals surface area contributed by atoms with Gasteiger partial charge < -0.3 is 9.64 Å². The first-order valence-corrected chi connectivity index (χ1v) is 10.2. The average Bonchev–Trinajstić information content (AvgIpc) is 2.66. The summed E-state index contributed by atoms with van der Waals surface area (Å²) in [6.45, 7) is 3.10. The SMILES string of the molecule is C[C@@H]1CCCN(C(=O)COC(=O)c2ccc(S(=O)(=O)NCCC#N)cc2)C1. The summed E-state index contributed by atoms with van der Waals surface area (Å²) in [5.41, 5.74) is 0.158. The Morgan fingerprint density at radius 3 is 2.67 bits per heavy atom. The number of ether oxygens (including phenoxy) is 1. The minimum Gasteiger partial charge on any atom is -0.452 e. The van der Waals surface area contributed by atoms with Gasteiger partial charge in [-0.15, -0.1) is 0 Å². The number of nitriles is 1. The monoisotopic (exact) mass is 393 g/mol. The number of benzene rings is 1. The molecule has 27 heavy (non-hydrogen) atoms. The van der Waals surface area contributed by atoms with Crippen LogP contribution in [0.5, 0.6) is 0 Å². The fourth-order valence-electron chi connectivity index (χ4n) is 2.81. The van der Waals surface area contributed by atoms with Crippen molar-refractivity contribution in [2.24, 2.45) is 5.92 Å². The number of carbonyl (C=O) groups is 2. The van der Waals surface area contributed by atoms with Gasteiger partial charge in [0.2, 0.25) is 10.0 Å². The van der Waals surface area contributed by atoms with Crippen molar-refractivity contribution in [3.63, 3.8) is 0 Å². The Morgan fingerprint density at radius 2 is 2.04 bits per heavy atom. The van der Waals surface area contributed by atoms with E-state index in [4.69, 9.17) is 10.00 Å². The van der Waals surface area contributed by atoms with Gasteiger partial charge in [-0.05, 0) is 43.0 Å². The third kappa shape index (κ3) is 6.05. The van der Waals surface area contributed by atoms with Gasteiger partial charge in [0.15, 0.2) is 6.61 Å². The minimum atomic E-state index is -3.73. The fraction of sp³-hybridized carbons (Fsp3) is 0.500. The van der Waals surface area contributed by atoms with E-state index < -0.39 is 16.0 Å². The summed E-state index contributed by atoms with van der Waals surface area (Å²) in [6.07, 6.45) is 2.09. The predicted molar refractivity (Wildman–Crippen MR) is 97.1 cm³/mol. The zero-order chi connectivity index (χ0) is 19.9. The molecule has 1 aliphatic heterocycles. The normalized spacial score (nSPS) is 17.2. The van der Waals surface area contributed by atoms with Crippen LogP contribution in [0.2, 0.25) is 0 Å². The number of rotatable bonds is 7. The van der Waals surface area contributed by atoms with Gasteiger partial charge in [-0.2, -0.15) is 5.26 Å². The summed E-state index contributed by atoms with van der Waals surface area (Å²) in [7, 11) is -3.73. The van der Waals surface area contributed by atoms with Crippen LogP contribution in [-0.4, -0.2) is 51.4 Å². The second-order valence-corrected chi connectivity index (χ2v) is 8.26. The van der Waals surface area contributed by atoms with Gasteiger partial charge in [0.05, 0.1) is 16.5 Å². The molecule has 0 spiro atoms. The molecule has 1 aromatic carbocycles. The van der Waals surface area contributed by atoms with Crippen molar-refractivity contribution < 1.29 is 22.7 Å². The zero-order valence-electron chi connectivity index (χ0n) is 15.2. The Balaban J connectivity index is 1.90. The second kappa shape index (κ2) is 9.48. The van der Waals surface area contributed by atoms with Crippen LogP contribution in [-0.2, 0) is 19.6 Å². The van der Waals surface area contributed by atoms with Crippen LogP contribution in [0.3, 0.4) is 0 Å². The van der Waals surface area contributed by atoms with Gasteiger partial charge >= 0.3 is 5.97 Å². The molecular weight excluding hydrogens is 370 g/mol. The number of hydrogen-bond acceptors (Lipinski definition) is 6. The number of esters is 1. The lowest BCUT2D eigenvalue weighted by Crippen LogP contribution is -2.41. The molecule has 0 aliphatic carbocycles. The molecule has 146 valence electrons. The summed E-state index contributed by atoms with van der Waals surface area (Å²) in [6, 6.07) is 7.06.